The standard InChI is InChI=1S/C15H12BrFN6O3S/c1-6-12(27-7(2)18-6)15(24)20-14-11(22-26-23-14)13(21-25)19-8-3-4-10(17)9(16)5-8/h3-5,25H,1-2H3,(H,19,21)(H,20,23,24). The van der Waals surface area contributed by atoms with Gasteiger partial charge < -0.3 is 5.32 Å². The van der Waals surface area contributed by atoms with E-state index in [1.165, 1.54) is 29.5 Å². The Hall–Kier alpha value is -2.70. The zero-order valence-electron chi connectivity index (χ0n) is 13.9. The van der Waals surface area contributed by atoms with E-state index in [0.717, 1.165) is 5.01 Å². The molecule has 0 radical (unpaired) electrons. The van der Waals surface area contributed by atoms with Crippen LogP contribution in [0.25, 0.3) is 0 Å². The lowest BCUT2D eigenvalue weighted by Crippen LogP contribution is -2.23. The first-order valence-electron chi connectivity index (χ1n) is 7.41. The number of amidine groups is 1. The number of aryl methyl sites for hydroxylation is 2. The Balaban J connectivity index is 1.90. The number of carbonyl (C=O) groups excluding carboxylic acids is 1. The summed E-state index contributed by atoms with van der Waals surface area (Å²) in [5, 5.41) is 20.0. The van der Waals surface area contributed by atoms with Gasteiger partial charge in [0.2, 0.25) is 5.82 Å². The number of nitrogens with one attached hydrogen (secondary N) is 2. The lowest BCUT2D eigenvalue weighted by Gasteiger charge is -2.05. The summed E-state index contributed by atoms with van der Waals surface area (Å²) in [6.45, 7) is 3.51. The molecule has 0 spiro atoms. The van der Waals surface area contributed by atoms with Crippen LogP contribution < -0.4 is 10.8 Å². The van der Waals surface area contributed by atoms with Crippen molar-refractivity contribution in [3.05, 3.63) is 49.8 Å². The quantitative estimate of drug-likeness (QED) is 0.313. The van der Waals surface area contributed by atoms with Gasteiger partial charge in [-0.05, 0) is 58.3 Å². The summed E-state index contributed by atoms with van der Waals surface area (Å²) in [7, 11) is 0. The summed E-state index contributed by atoms with van der Waals surface area (Å²) in [5.74, 6) is -1.11. The molecule has 27 heavy (non-hydrogen) atoms. The molecule has 140 valence electrons. The molecule has 0 aliphatic heterocycles. The van der Waals surface area contributed by atoms with E-state index < -0.39 is 11.7 Å². The van der Waals surface area contributed by atoms with Gasteiger partial charge in [-0.15, -0.1) is 11.3 Å². The zero-order chi connectivity index (χ0) is 19.6. The maximum Gasteiger partial charge on any atom is 0.268 e. The number of aromatic nitrogens is 3. The highest BCUT2D eigenvalue weighted by molar-refractivity contribution is 9.10. The number of thiazole rings is 1. The predicted molar refractivity (Wildman–Crippen MR) is 99.1 cm³/mol. The summed E-state index contributed by atoms with van der Waals surface area (Å²) in [5.41, 5.74) is 2.73. The van der Waals surface area contributed by atoms with Crippen molar-refractivity contribution in [3.8, 4) is 0 Å². The van der Waals surface area contributed by atoms with Crippen LogP contribution in [0.3, 0.4) is 0 Å². The van der Waals surface area contributed by atoms with E-state index in [2.05, 4.69) is 46.2 Å². The molecule has 12 heteroatoms. The Morgan fingerprint density at radius 2 is 2.15 bits per heavy atom. The van der Waals surface area contributed by atoms with Gasteiger partial charge >= 0.3 is 0 Å². The molecule has 1 aromatic carbocycles. The second kappa shape index (κ2) is 7.90. The van der Waals surface area contributed by atoms with Crippen molar-refractivity contribution in [2.24, 2.45) is 4.99 Å². The third-order valence-corrected chi connectivity index (χ3v) is 4.98. The normalized spacial score (nSPS) is 11.5. The van der Waals surface area contributed by atoms with Crippen LogP contribution in [0.2, 0.25) is 0 Å². The number of halogens is 2. The molecule has 2 heterocycles. The molecule has 0 saturated carbocycles. The molecule has 3 N–H and O–H groups in total. The molecule has 0 bridgehead atoms. The van der Waals surface area contributed by atoms with Crippen LogP contribution in [0, 0.1) is 19.7 Å². The number of benzene rings is 1. The molecule has 3 rings (SSSR count). The first-order chi connectivity index (χ1) is 12.9. The fourth-order valence-corrected chi connectivity index (χ4v) is 3.33. The lowest BCUT2D eigenvalue weighted by molar-refractivity contribution is 0.102. The summed E-state index contributed by atoms with van der Waals surface area (Å²) < 4.78 is 18.2. The minimum atomic E-state index is -0.460. The molecular formula is C15H12BrFN6O3S. The van der Waals surface area contributed by atoms with Gasteiger partial charge in [0.15, 0.2) is 11.5 Å². The van der Waals surface area contributed by atoms with Gasteiger partial charge in [0.1, 0.15) is 10.7 Å². The third kappa shape index (κ3) is 4.18. The van der Waals surface area contributed by atoms with Crippen LogP contribution in [-0.4, -0.2) is 32.2 Å². The Bertz CT molecular complexity index is 1030. The van der Waals surface area contributed by atoms with Crippen molar-refractivity contribution in [2.45, 2.75) is 13.8 Å². The van der Waals surface area contributed by atoms with Gasteiger partial charge in [0.25, 0.3) is 5.91 Å². The number of aliphatic imine (C=N–C) groups is 1. The van der Waals surface area contributed by atoms with Crippen LogP contribution in [0.5, 0.6) is 0 Å². The van der Waals surface area contributed by atoms with Crippen LogP contribution >= 0.6 is 27.3 Å². The van der Waals surface area contributed by atoms with Gasteiger partial charge in [-0.2, -0.15) is 0 Å². The molecule has 0 aliphatic carbocycles. The van der Waals surface area contributed by atoms with Crippen LogP contribution in [0.15, 0.2) is 32.3 Å². The third-order valence-electron chi connectivity index (χ3n) is 3.30. The maximum absolute atomic E-state index is 13.3. The first-order valence-corrected chi connectivity index (χ1v) is 9.02. The van der Waals surface area contributed by atoms with E-state index in [-0.39, 0.29) is 21.8 Å². The fourth-order valence-electron chi connectivity index (χ4n) is 2.15. The summed E-state index contributed by atoms with van der Waals surface area (Å²) >= 11 is 4.28. The lowest BCUT2D eigenvalue weighted by atomic mass is 10.3. The highest BCUT2D eigenvalue weighted by Crippen LogP contribution is 2.24. The second-order valence-electron chi connectivity index (χ2n) is 5.23. The summed E-state index contributed by atoms with van der Waals surface area (Å²) in [4.78, 5) is 21.2. The number of nitrogens with zero attached hydrogens (tertiary/aromatic N) is 4. The predicted octanol–water partition coefficient (Wildman–Crippen LogP) is 3.35. The number of hydrogen-bond acceptors (Lipinski definition) is 8. The van der Waals surface area contributed by atoms with Gasteiger partial charge in [0, 0.05) is 0 Å². The zero-order valence-corrected chi connectivity index (χ0v) is 16.4. The molecule has 0 saturated heterocycles. The van der Waals surface area contributed by atoms with Crippen molar-refractivity contribution >= 4 is 50.5 Å². The average molecular weight is 455 g/mol. The van der Waals surface area contributed by atoms with E-state index >= 15 is 0 Å². The van der Waals surface area contributed by atoms with Crippen molar-refractivity contribution in [1.29, 1.82) is 0 Å². The van der Waals surface area contributed by atoms with Crippen LogP contribution in [-0.2, 0) is 0 Å². The van der Waals surface area contributed by atoms with Crippen molar-refractivity contribution in [1.82, 2.24) is 20.8 Å². The number of hydroxylamine groups is 1. The highest BCUT2D eigenvalue weighted by atomic mass is 79.9. The molecule has 9 nitrogen and oxygen atoms in total. The van der Waals surface area contributed by atoms with Crippen molar-refractivity contribution in [3.63, 3.8) is 0 Å². The Kier molecular flexibility index (Phi) is 5.58. The molecule has 3 aromatic rings. The highest BCUT2D eigenvalue weighted by Gasteiger charge is 2.21. The van der Waals surface area contributed by atoms with E-state index in [0.29, 0.717) is 16.3 Å². The largest absolute Gasteiger partial charge is 0.301 e. The molecular weight excluding hydrogens is 443 g/mol. The Morgan fingerprint density at radius 1 is 1.37 bits per heavy atom. The summed E-state index contributed by atoms with van der Waals surface area (Å²) in [6, 6.07) is 4.01. The smallest absolute Gasteiger partial charge is 0.268 e. The number of hydrogen-bond donors (Lipinski definition) is 3. The average Bonchev–Trinajstić information content (AvgIpc) is 3.21. The molecule has 0 fully saturated rings. The SMILES string of the molecule is Cc1nc(C)c(C(=O)Nc2nonc2C(=Nc2ccc(F)c(Br)c2)NO)s1. The van der Waals surface area contributed by atoms with Gasteiger partial charge in [0.05, 0.1) is 20.9 Å². The van der Waals surface area contributed by atoms with E-state index in [4.69, 9.17) is 0 Å². The molecule has 1 amide bonds. The van der Waals surface area contributed by atoms with Crippen molar-refractivity contribution < 1.29 is 19.0 Å². The number of rotatable bonds is 4. The number of anilines is 1. The number of carbonyl (C=O) groups is 1. The fraction of sp³-hybridized carbons (Fsp3) is 0.133. The molecule has 0 unspecified atom stereocenters. The molecule has 2 aromatic heterocycles. The van der Waals surface area contributed by atoms with Gasteiger partial charge in [-0.25, -0.2) is 19.0 Å². The van der Waals surface area contributed by atoms with Gasteiger partial charge in [-0.3, -0.25) is 15.5 Å². The van der Waals surface area contributed by atoms with Gasteiger partial charge in [-0.1, -0.05) is 0 Å². The number of amides is 1. The second-order valence-corrected chi connectivity index (χ2v) is 7.29. The molecule has 0 atom stereocenters. The first kappa shape index (κ1) is 19.1. The minimum Gasteiger partial charge on any atom is -0.301 e. The Labute approximate surface area is 164 Å². The minimum absolute atomic E-state index is 0.0369. The maximum atomic E-state index is 13.3. The summed E-state index contributed by atoms with van der Waals surface area (Å²) in [6.07, 6.45) is 0. The topological polar surface area (TPSA) is 126 Å². The van der Waals surface area contributed by atoms with E-state index in [9.17, 15) is 14.4 Å². The molecule has 0 aliphatic rings. The Morgan fingerprint density at radius 3 is 2.78 bits per heavy atom. The van der Waals surface area contributed by atoms with E-state index in [1.807, 2.05) is 5.48 Å². The van der Waals surface area contributed by atoms with Crippen LogP contribution in [0.4, 0.5) is 15.9 Å². The monoisotopic (exact) mass is 454 g/mol. The van der Waals surface area contributed by atoms with E-state index in [1.54, 1.807) is 13.8 Å². The van der Waals surface area contributed by atoms with Crippen LogP contribution in [0.1, 0.15) is 26.1 Å². The van der Waals surface area contributed by atoms with Crippen molar-refractivity contribution in [2.75, 3.05) is 5.32 Å².